The Labute approximate surface area is 196 Å². The van der Waals surface area contributed by atoms with E-state index in [1.54, 1.807) is 54.3 Å². The summed E-state index contributed by atoms with van der Waals surface area (Å²) in [5.41, 5.74) is 2.29. The van der Waals surface area contributed by atoms with E-state index in [0.717, 1.165) is 5.56 Å². The molecule has 8 heteroatoms. The summed E-state index contributed by atoms with van der Waals surface area (Å²) in [7, 11) is 3.04. The molecule has 1 aliphatic heterocycles. The lowest BCUT2D eigenvalue weighted by atomic mass is 10.1. The smallest absolute Gasteiger partial charge is 0.268 e. The van der Waals surface area contributed by atoms with E-state index in [9.17, 15) is 9.59 Å². The molecule has 3 aromatic carbocycles. The van der Waals surface area contributed by atoms with E-state index in [-0.39, 0.29) is 18.4 Å². The quantitative estimate of drug-likeness (QED) is 0.557. The lowest BCUT2D eigenvalue weighted by molar-refractivity contribution is -0.125. The van der Waals surface area contributed by atoms with Gasteiger partial charge in [0.15, 0.2) is 17.6 Å². The average Bonchev–Trinajstić information content (AvgIpc) is 2.83. The Bertz CT molecular complexity index is 1210. The van der Waals surface area contributed by atoms with Crippen molar-refractivity contribution in [3.05, 3.63) is 76.8 Å². The Balaban J connectivity index is 1.62. The van der Waals surface area contributed by atoms with Crippen LogP contribution in [-0.2, 0) is 11.3 Å². The van der Waals surface area contributed by atoms with E-state index in [1.807, 2.05) is 18.2 Å². The maximum atomic E-state index is 12.9. The van der Waals surface area contributed by atoms with Gasteiger partial charge in [-0.25, -0.2) is 0 Å². The molecule has 0 fully saturated rings. The Hall–Kier alpha value is -3.71. The normalized spacial score (nSPS) is 14.8. The van der Waals surface area contributed by atoms with Crippen molar-refractivity contribution in [3.63, 3.8) is 0 Å². The molecular formula is C25H23ClN2O5. The molecule has 170 valence electrons. The molecule has 0 spiro atoms. The van der Waals surface area contributed by atoms with Gasteiger partial charge in [-0.1, -0.05) is 29.8 Å². The number of fused-ring (bicyclic) bond motifs is 1. The molecule has 0 bridgehead atoms. The van der Waals surface area contributed by atoms with Crippen LogP contribution in [0.2, 0.25) is 5.02 Å². The highest BCUT2D eigenvalue weighted by atomic mass is 35.5. The number of carbonyl (C=O) groups is 2. The number of methoxy groups -OCH3 is 2. The Kier molecular flexibility index (Phi) is 6.42. The molecule has 7 nitrogen and oxygen atoms in total. The second-order valence-corrected chi connectivity index (χ2v) is 7.89. The molecule has 1 heterocycles. The van der Waals surface area contributed by atoms with E-state index < -0.39 is 6.10 Å². The second-order valence-electron chi connectivity index (χ2n) is 7.48. The maximum Gasteiger partial charge on any atom is 0.268 e. The molecular weight excluding hydrogens is 444 g/mol. The lowest BCUT2D eigenvalue weighted by Crippen LogP contribution is -2.44. The van der Waals surface area contributed by atoms with Gasteiger partial charge in [-0.05, 0) is 55.0 Å². The van der Waals surface area contributed by atoms with Crippen LogP contribution < -0.4 is 24.4 Å². The Morgan fingerprint density at radius 2 is 1.82 bits per heavy atom. The third-order valence-electron chi connectivity index (χ3n) is 5.36. The summed E-state index contributed by atoms with van der Waals surface area (Å²) in [6.07, 6.45) is -0.632. The van der Waals surface area contributed by atoms with Crippen LogP contribution in [-0.4, -0.2) is 32.1 Å². The molecule has 4 rings (SSSR count). The third-order valence-corrected chi connectivity index (χ3v) is 5.73. The van der Waals surface area contributed by atoms with Gasteiger partial charge in [0.1, 0.15) is 5.75 Å². The van der Waals surface area contributed by atoms with Crippen LogP contribution in [0.3, 0.4) is 0 Å². The van der Waals surface area contributed by atoms with Crippen molar-refractivity contribution in [2.75, 3.05) is 24.4 Å². The van der Waals surface area contributed by atoms with Gasteiger partial charge in [0.2, 0.25) is 0 Å². The fraction of sp³-hybridized carbons (Fsp3) is 0.200. The molecule has 33 heavy (non-hydrogen) atoms. The standard InChI is InChI=1S/C25H23ClN2O5/c1-15-25(30)28(14-17-6-4-5-7-19(17)26)20-13-18(9-11-21(20)33-15)27-24(29)16-8-10-22(31-2)23(12-16)32-3/h4-13,15H,14H2,1-3H3,(H,27,29). The second kappa shape index (κ2) is 9.42. The summed E-state index contributed by atoms with van der Waals surface area (Å²) >= 11 is 6.32. The van der Waals surface area contributed by atoms with E-state index in [4.69, 9.17) is 25.8 Å². The molecule has 1 N–H and O–H groups in total. The third kappa shape index (κ3) is 4.59. The highest BCUT2D eigenvalue weighted by Crippen LogP contribution is 2.38. The molecule has 0 saturated carbocycles. The summed E-state index contributed by atoms with van der Waals surface area (Å²) < 4.78 is 16.3. The van der Waals surface area contributed by atoms with Crippen molar-refractivity contribution in [3.8, 4) is 17.2 Å². The fourth-order valence-electron chi connectivity index (χ4n) is 3.63. The predicted octanol–water partition coefficient (Wildman–Crippen LogP) is 4.92. The number of halogens is 1. The van der Waals surface area contributed by atoms with E-state index >= 15 is 0 Å². The lowest BCUT2D eigenvalue weighted by Gasteiger charge is -2.33. The van der Waals surface area contributed by atoms with Crippen molar-refractivity contribution in [1.82, 2.24) is 0 Å². The number of hydrogen-bond acceptors (Lipinski definition) is 5. The molecule has 0 aromatic heterocycles. The van der Waals surface area contributed by atoms with Crippen LogP contribution in [0, 0.1) is 0 Å². The topological polar surface area (TPSA) is 77.1 Å². The van der Waals surface area contributed by atoms with E-state index in [1.165, 1.54) is 14.2 Å². The minimum atomic E-state index is -0.632. The molecule has 2 amide bonds. The SMILES string of the molecule is COc1ccc(C(=O)Nc2ccc3c(c2)N(Cc2ccccc2Cl)C(=O)C(C)O3)cc1OC. The minimum Gasteiger partial charge on any atom is -0.493 e. The van der Waals surface area contributed by atoms with Gasteiger partial charge in [-0.15, -0.1) is 0 Å². The summed E-state index contributed by atoms with van der Waals surface area (Å²) in [6, 6.07) is 17.5. The highest BCUT2D eigenvalue weighted by Gasteiger charge is 2.32. The van der Waals surface area contributed by atoms with Crippen LogP contribution >= 0.6 is 11.6 Å². The first-order valence-electron chi connectivity index (χ1n) is 10.3. The van der Waals surface area contributed by atoms with Gasteiger partial charge in [0.25, 0.3) is 11.8 Å². The number of hydrogen-bond donors (Lipinski definition) is 1. The number of anilines is 2. The summed E-state index contributed by atoms with van der Waals surface area (Å²) in [6.45, 7) is 1.99. The number of benzene rings is 3. The highest BCUT2D eigenvalue weighted by molar-refractivity contribution is 6.31. The van der Waals surface area contributed by atoms with E-state index in [2.05, 4.69) is 5.32 Å². The number of rotatable bonds is 6. The number of carbonyl (C=O) groups excluding carboxylic acids is 2. The van der Waals surface area contributed by atoms with Crippen LogP contribution in [0.25, 0.3) is 0 Å². The zero-order valence-electron chi connectivity index (χ0n) is 18.4. The first kappa shape index (κ1) is 22.5. The zero-order chi connectivity index (χ0) is 23.5. The summed E-state index contributed by atoms with van der Waals surface area (Å²) in [5, 5.41) is 3.44. The molecule has 1 unspecified atom stereocenters. The monoisotopic (exact) mass is 466 g/mol. The molecule has 1 aliphatic rings. The minimum absolute atomic E-state index is 0.189. The molecule has 1 atom stereocenters. The van der Waals surface area contributed by atoms with Gasteiger partial charge in [0.05, 0.1) is 26.5 Å². The summed E-state index contributed by atoms with van der Waals surface area (Å²) in [4.78, 5) is 27.4. The molecule has 0 saturated heterocycles. The van der Waals surface area contributed by atoms with Gasteiger partial charge in [0, 0.05) is 16.3 Å². The van der Waals surface area contributed by atoms with Crippen molar-refractivity contribution in [2.24, 2.45) is 0 Å². The van der Waals surface area contributed by atoms with Gasteiger partial charge in [-0.3, -0.25) is 9.59 Å². The first-order chi connectivity index (χ1) is 15.9. The molecule has 0 aliphatic carbocycles. The first-order valence-corrected chi connectivity index (χ1v) is 10.7. The maximum absolute atomic E-state index is 12.9. The number of nitrogens with one attached hydrogen (secondary N) is 1. The van der Waals surface area contributed by atoms with Gasteiger partial charge in [-0.2, -0.15) is 0 Å². The number of amides is 2. The number of nitrogens with zero attached hydrogens (tertiary/aromatic N) is 1. The Morgan fingerprint density at radius 1 is 1.06 bits per heavy atom. The van der Waals surface area contributed by atoms with Crippen LogP contribution in [0.4, 0.5) is 11.4 Å². The van der Waals surface area contributed by atoms with Gasteiger partial charge >= 0.3 is 0 Å². The average molecular weight is 467 g/mol. The fourth-order valence-corrected chi connectivity index (χ4v) is 3.82. The Morgan fingerprint density at radius 3 is 2.55 bits per heavy atom. The largest absolute Gasteiger partial charge is 0.493 e. The van der Waals surface area contributed by atoms with Crippen LogP contribution in [0.15, 0.2) is 60.7 Å². The summed E-state index contributed by atoms with van der Waals surface area (Å²) in [5.74, 6) is 1.02. The number of ether oxygens (including phenoxy) is 3. The molecule has 3 aromatic rings. The van der Waals surface area contributed by atoms with E-state index in [0.29, 0.717) is 39.2 Å². The van der Waals surface area contributed by atoms with Crippen molar-refractivity contribution < 1.29 is 23.8 Å². The predicted molar refractivity (Wildman–Crippen MR) is 127 cm³/mol. The van der Waals surface area contributed by atoms with Crippen molar-refractivity contribution in [2.45, 2.75) is 19.6 Å². The van der Waals surface area contributed by atoms with Crippen molar-refractivity contribution >= 4 is 34.8 Å². The molecule has 0 radical (unpaired) electrons. The zero-order valence-corrected chi connectivity index (χ0v) is 19.2. The van der Waals surface area contributed by atoms with Crippen LogP contribution in [0.5, 0.6) is 17.2 Å². The van der Waals surface area contributed by atoms with Gasteiger partial charge < -0.3 is 24.4 Å². The van der Waals surface area contributed by atoms with Crippen LogP contribution in [0.1, 0.15) is 22.8 Å². The van der Waals surface area contributed by atoms with Crippen molar-refractivity contribution in [1.29, 1.82) is 0 Å².